The molecule has 2 aromatic heterocycles. The van der Waals surface area contributed by atoms with Crippen LogP contribution in [-0.4, -0.2) is 22.6 Å². The summed E-state index contributed by atoms with van der Waals surface area (Å²) in [4.78, 5) is 4.77. The average molecular weight is 378 g/mol. The molecule has 3 nitrogen and oxygen atoms in total. The lowest BCUT2D eigenvalue weighted by Crippen LogP contribution is -2.26. The molecule has 150 valence electrons. The van der Waals surface area contributed by atoms with E-state index in [4.69, 9.17) is 4.98 Å². The Kier molecular flexibility index (Phi) is 8.96. The highest BCUT2D eigenvalue weighted by atomic mass is 15.0. The van der Waals surface area contributed by atoms with Crippen molar-refractivity contribution in [1.82, 2.24) is 14.9 Å². The SMILES string of the molecule is C=CC.CC.Cc1ccc(Cn2ccc3cc(C4CCNCC4)cnc32)cc1. The predicted molar refractivity (Wildman–Crippen MR) is 122 cm³/mol. The molecular weight excluding hydrogens is 342 g/mol. The second kappa shape index (κ2) is 11.5. The van der Waals surface area contributed by atoms with Crippen LogP contribution in [0.25, 0.3) is 11.0 Å². The third kappa shape index (κ3) is 5.80. The molecule has 0 bridgehead atoms. The predicted octanol–water partition coefficient (Wildman–Crippen LogP) is 6.08. The van der Waals surface area contributed by atoms with Gasteiger partial charge in [-0.15, -0.1) is 6.58 Å². The van der Waals surface area contributed by atoms with Gasteiger partial charge in [-0.2, -0.15) is 0 Å². The van der Waals surface area contributed by atoms with Gasteiger partial charge in [-0.1, -0.05) is 49.8 Å². The second-order valence-corrected chi connectivity index (χ2v) is 7.04. The molecule has 0 radical (unpaired) electrons. The summed E-state index contributed by atoms with van der Waals surface area (Å²) in [6.07, 6.45) is 8.43. The number of fused-ring (bicyclic) bond motifs is 1. The zero-order chi connectivity index (χ0) is 20.4. The number of hydrogen-bond acceptors (Lipinski definition) is 2. The first kappa shape index (κ1) is 21.9. The maximum absolute atomic E-state index is 4.77. The van der Waals surface area contributed by atoms with Crippen LogP contribution in [-0.2, 0) is 6.54 Å². The lowest BCUT2D eigenvalue weighted by atomic mass is 9.91. The molecule has 0 spiro atoms. The Morgan fingerprint density at radius 2 is 1.79 bits per heavy atom. The molecule has 0 unspecified atom stereocenters. The van der Waals surface area contributed by atoms with Crippen LogP contribution in [0.2, 0.25) is 0 Å². The molecule has 3 heteroatoms. The molecule has 0 atom stereocenters. The summed E-state index contributed by atoms with van der Waals surface area (Å²) in [6.45, 7) is 14.5. The molecule has 4 rings (SSSR count). The van der Waals surface area contributed by atoms with Crippen molar-refractivity contribution < 1.29 is 0 Å². The van der Waals surface area contributed by atoms with Gasteiger partial charge in [0.25, 0.3) is 0 Å². The monoisotopic (exact) mass is 377 g/mol. The summed E-state index contributed by atoms with van der Waals surface area (Å²) in [5.41, 5.74) is 5.10. The number of hydrogen-bond donors (Lipinski definition) is 1. The van der Waals surface area contributed by atoms with Crippen LogP contribution in [0.5, 0.6) is 0 Å². The molecule has 0 saturated carbocycles. The first-order chi connectivity index (χ1) is 13.7. The standard InChI is InChI=1S/C20H23N3.C3H6.C2H6/c1-15-2-4-16(5-3-15)14-23-11-8-18-12-19(13-22-20(18)23)17-6-9-21-10-7-17;1-3-2;1-2/h2-5,8,11-13,17,21H,6-7,9-10,14H2,1H3;3H,1H2,2H3;1-2H3. The topological polar surface area (TPSA) is 29.9 Å². The van der Waals surface area contributed by atoms with Gasteiger partial charge >= 0.3 is 0 Å². The number of aromatic nitrogens is 2. The van der Waals surface area contributed by atoms with E-state index in [1.807, 2.05) is 20.8 Å². The van der Waals surface area contributed by atoms with Crippen molar-refractivity contribution in [2.24, 2.45) is 0 Å². The number of aryl methyl sites for hydroxylation is 1. The van der Waals surface area contributed by atoms with E-state index < -0.39 is 0 Å². The highest BCUT2D eigenvalue weighted by Crippen LogP contribution is 2.27. The highest BCUT2D eigenvalue weighted by Gasteiger charge is 2.16. The lowest BCUT2D eigenvalue weighted by molar-refractivity contribution is 0.460. The summed E-state index contributed by atoms with van der Waals surface area (Å²) in [5.74, 6) is 0.661. The fourth-order valence-corrected chi connectivity index (χ4v) is 3.49. The van der Waals surface area contributed by atoms with E-state index in [2.05, 4.69) is 72.2 Å². The van der Waals surface area contributed by atoms with E-state index in [0.717, 1.165) is 25.3 Å². The third-order valence-corrected chi connectivity index (χ3v) is 4.91. The number of nitrogens with zero attached hydrogens (tertiary/aromatic N) is 2. The van der Waals surface area contributed by atoms with Crippen molar-refractivity contribution >= 4 is 11.0 Å². The maximum atomic E-state index is 4.77. The van der Waals surface area contributed by atoms with Crippen LogP contribution in [0, 0.1) is 6.92 Å². The van der Waals surface area contributed by atoms with Crippen molar-refractivity contribution in [3.63, 3.8) is 0 Å². The van der Waals surface area contributed by atoms with E-state index in [-0.39, 0.29) is 0 Å². The number of pyridine rings is 1. The van der Waals surface area contributed by atoms with Crippen LogP contribution in [0.3, 0.4) is 0 Å². The molecule has 3 aromatic rings. The van der Waals surface area contributed by atoms with Gasteiger partial charge in [0.15, 0.2) is 0 Å². The molecule has 1 N–H and O–H groups in total. The summed E-state index contributed by atoms with van der Waals surface area (Å²) in [7, 11) is 0. The number of nitrogens with one attached hydrogen (secondary N) is 1. The van der Waals surface area contributed by atoms with Gasteiger partial charge in [-0.25, -0.2) is 4.98 Å². The normalized spacial score (nSPS) is 13.9. The van der Waals surface area contributed by atoms with E-state index >= 15 is 0 Å². The van der Waals surface area contributed by atoms with Gasteiger partial charge in [0.2, 0.25) is 0 Å². The highest BCUT2D eigenvalue weighted by molar-refractivity contribution is 5.77. The maximum Gasteiger partial charge on any atom is 0.140 e. The molecule has 1 aliphatic heterocycles. The lowest BCUT2D eigenvalue weighted by Gasteiger charge is -2.22. The van der Waals surface area contributed by atoms with Crippen molar-refractivity contribution in [3.05, 3.63) is 78.1 Å². The van der Waals surface area contributed by atoms with Gasteiger partial charge in [-0.3, -0.25) is 0 Å². The Hall–Kier alpha value is -2.39. The quantitative estimate of drug-likeness (QED) is 0.561. The van der Waals surface area contributed by atoms with Crippen molar-refractivity contribution in [2.45, 2.75) is 53.0 Å². The van der Waals surface area contributed by atoms with Gasteiger partial charge in [0, 0.05) is 24.3 Å². The molecule has 1 aromatic carbocycles. The molecule has 28 heavy (non-hydrogen) atoms. The Morgan fingerprint density at radius 3 is 2.43 bits per heavy atom. The number of rotatable bonds is 3. The van der Waals surface area contributed by atoms with Crippen LogP contribution in [0.1, 0.15) is 56.2 Å². The molecular formula is C25H35N3. The summed E-state index contributed by atoms with van der Waals surface area (Å²) < 4.78 is 2.24. The minimum absolute atomic E-state index is 0.661. The van der Waals surface area contributed by atoms with Crippen LogP contribution in [0.15, 0.2) is 61.4 Å². The first-order valence-corrected chi connectivity index (χ1v) is 10.5. The minimum Gasteiger partial charge on any atom is -0.328 e. The molecule has 1 fully saturated rings. The smallest absolute Gasteiger partial charge is 0.140 e. The molecule has 1 aliphatic rings. The summed E-state index contributed by atoms with van der Waals surface area (Å²) >= 11 is 0. The minimum atomic E-state index is 0.661. The van der Waals surface area contributed by atoms with Crippen LogP contribution in [0.4, 0.5) is 0 Å². The van der Waals surface area contributed by atoms with E-state index in [0.29, 0.717) is 5.92 Å². The fraction of sp³-hybridized carbons (Fsp3) is 0.400. The Bertz CT molecular complexity index is 840. The Balaban J connectivity index is 0.000000514. The fourth-order valence-electron chi connectivity index (χ4n) is 3.49. The van der Waals surface area contributed by atoms with Crippen molar-refractivity contribution in [2.75, 3.05) is 13.1 Å². The van der Waals surface area contributed by atoms with Crippen LogP contribution < -0.4 is 5.32 Å². The van der Waals surface area contributed by atoms with Gasteiger partial charge < -0.3 is 9.88 Å². The summed E-state index contributed by atoms with van der Waals surface area (Å²) in [6, 6.07) is 13.3. The summed E-state index contributed by atoms with van der Waals surface area (Å²) in [5, 5.41) is 4.69. The molecule has 0 amide bonds. The van der Waals surface area contributed by atoms with E-state index in [9.17, 15) is 0 Å². The second-order valence-electron chi connectivity index (χ2n) is 7.04. The molecule has 1 saturated heterocycles. The van der Waals surface area contributed by atoms with Gasteiger partial charge in [-0.05, 0) is 69.0 Å². The zero-order valence-corrected chi connectivity index (χ0v) is 17.9. The zero-order valence-electron chi connectivity index (χ0n) is 17.9. The largest absolute Gasteiger partial charge is 0.328 e. The Labute approximate surface area is 170 Å². The number of allylic oxidation sites excluding steroid dienone is 1. The Morgan fingerprint density at radius 1 is 1.14 bits per heavy atom. The van der Waals surface area contributed by atoms with E-state index in [1.165, 1.54) is 34.9 Å². The molecule has 0 aliphatic carbocycles. The third-order valence-electron chi connectivity index (χ3n) is 4.91. The first-order valence-electron chi connectivity index (χ1n) is 10.5. The van der Waals surface area contributed by atoms with Crippen LogP contribution >= 0.6 is 0 Å². The number of benzene rings is 1. The van der Waals surface area contributed by atoms with Crippen molar-refractivity contribution in [3.8, 4) is 0 Å². The number of piperidine rings is 1. The average Bonchev–Trinajstić information content (AvgIpc) is 3.14. The van der Waals surface area contributed by atoms with Gasteiger partial charge in [0.1, 0.15) is 5.65 Å². The van der Waals surface area contributed by atoms with E-state index in [1.54, 1.807) is 6.08 Å². The van der Waals surface area contributed by atoms with Gasteiger partial charge in [0.05, 0.1) is 0 Å². The molecule has 3 heterocycles. The van der Waals surface area contributed by atoms with Crippen molar-refractivity contribution in [1.29, 1.82) is 0 Å².